The predicted molar refractivity (Wildman–Crippen MR) is 81.1 cm³/mol. The molecule has 0 spiro atoms. The molecule has 1 aromatic rings. The van der Waals surface area contributed by atoms with Crippen LogP contribution in [0.3, 0.4) is 0 Å². The highest BCUT2D eigenvalue weighted by Gasteiger charge is 2.18. The first-order chi connectivity index (χ1) is 8.99. The van der Waals surface area contributed by atoms with Crippen LogP contribution >= 0.6 is 0 Å². The zero-order valence-corrected chi connectivity index (χ0v) is 12.1. The Morgan fingerprint density at radius 3 is 2.42 bits per heavy atom. The van der Waals surface area contributed by atoms with Crippen LogP contribution in [0.1, 0.15) is 25.0 Å². The summed E-state index contributed by atoms with van der Waals surface area (Å²) < 4.78 is 0. The van der Waals surface area contributed by atoms with Gasteiger partial charge in [0.1, 0.15) is 5.82 Å². The van der Waals surface area contributed by atoms with Crippen molar-refractivity contribution in [3.05, 3.63) is 41.2 Å². The Morgan fingerprint density at radius 1 is 1.26 bits per heavy atom. The van der Waals surface area contributed by atoms with Crippen molar-refractivity contribution in [2.24, 2.45) is 10.7 Å². The zero-order valence-electron chi connectivity index (χ0n) is 12.1. The zero-order chi connectivity index (χ0) is 14.0. The fourth-order valence-corrected chi connectivity index (χ4v) is 2.47. The van der Waals surface area contributed by atoms with E-state index in [2.05, 4.69) is 67.2 Å². The normalized spacial score (nSPS) is 18.9. The summed E-state index contributed by atoms with van der Waals surface area (Å²) in [6, 6.07) is 6.63. The molecule has 19 heavy (non-hydrogen) atoms. The van der Waals surface area contributed by atoms with E-state index in [4.69, 9.17) is 5.73 Å². The van der Waals surface area contributed by atoms with E-state index in [1.165, 1.54) is 11.1 Å². The number of benzene rings is 1. The van der Waals surface area contributed by atoms with E-state index in [0.29, 0.717) is 5.96 Å². The van der Waals surface area contributed by atoms with Crippen molar-refractivity contribution in [1.29, 1.82) is 0 Å². The van der Waals surface area contributed by atoms with Crippen LogP contribution in [0.15, 0.2) is 35.1 Å². The third-order valence-electron chi connectivity index (χ3n) is 3.25. The number of nitrogens with zero attached hydrogens (tertiary/aromatic N) is 2. The average Bonchev–Trinajstić information content (AvgIpc) is 2.26. The number of nitrogens with one attached hydrogen (secondary N) is 1. The maximum absolute atomic E-state index is 5.98. The fourth-order valence-electron chi connectivity index (χ4n) is 2.47. The first kappa shape index (κ1) is 13.5. The summed E-state index contributed by atoms with van der Waals surface area (Å²) >= 11 is 0. The van der Waals surface area contributed by atoms with Crippen LogP contribution in [-0.2, 0) is 0 Å². The van der Waals surface area contributed by atoms with E-state index in [1.807, 2.05) is 0 Å². The molecule has 0 amide bonds. The van der Waals surface area contributed by atoms with Gasteiger partial charge in [0, 0.05) is 12.2 Å². The summed E-state index contributed by atoms with van der Waals surface area (Å²) in [6.07, 6.45) is 2.09. The predicted octanol–water partition coefficient (Wildman–Crippen LogP) is 2.60. The molecule has 2 rings (SSSR count). The quantitative estimate of drug-likeness (QED) is 0.876. The molecule has 0 fully saturated rings. The monoisotopic (exact) mass is 258 g/mol. The van der Waals surface area contributed by atoms with E-state index in [0.717, 1.165) is 18.1 Å². The number of nitrogens with two attached hydrogens (primary N) is 1. The minimum absolute atomic E-state index is 0.260. The van der Waals surface area contributed by atoms with Gasteiger partial charge in [0.15, 0.2) is 5.96 Å². The van der Waals surface area contributed by atoms with Crippen molar-refractivity contribution in [2.45, 2.75) is 33.7 Å². The second-order valence-corrected chi connectivity index (χ2v) is 5.05. The van der Waals surface area contributed by atoms with Gasteiger partial charge in [0.05, 0.1) is 6.04 Å². The largest absolute Gasteiger partial charge is 0.369 e. The topological polar surface area (TPSA) is 53.6 Å². The lowest BCUT2D eigenvalue weighted by atomic mass is 10.1. The van der Waals surface area contributed by atoms with E-state index in [1.54, 1.807) is 0 Å². The molecule has 3 N–H and O–H groups in total. The van der Waals surface area contributed by atoms with Crippen LogP contribution in [0.5, 0.6) is 0 Å². The molecule has 0 aromatic heterocycles. The number of rotatable bonds is 3. The lowest BCUT2D eigenvalue weighted by Crippen LogP contribution is -2.44. The summed E-state index contributed by atoms with van der Waals surface area (Å²) in [5.41, 5.74) is 9.50. The molecule has 1 heterocycles. The summed E-state index contributed by atoms with van der Waals surface area (Å²) in [6.45, 7) is 9.24. The van der Waals surface area contributed by atoms with Gasteiger partial charge in [-0.3, -0.25) is 0 Å². The van der Waals surface area contributed by atoms with E-state index in [9.17, 15) is 0 Å². The molecule has 1 atom stereocenters. The maximum Gasteiger partial charge on any atom is 0.198 e. The highest BCUT2D eigenvalue weighted by molar-refractivity contribution is 5.81. The molecule has 0 saturated heterocycles. The Morgan fingerprint density at radius 2 is 1.89 bits per heavy atom. The van der Waals surface area contributed by atoms with Crippen molar-refractivity contribution < 1.29 is 0 Å². The van der Waals surface area contributed by atoms with Gasteiger partial charge >= 0.3 is 0 Å². The highest BCUT2D eigenvalue weighted by Crippen LogP contribution is 2.19. The van der Waals surface area contributed by atoms with Crippen molar-refractivity contribution in [2.75, 3.05) is 11.9 Å². The van der Waals surface area contributed by atoms with Gasteiger partial charge in [-0.25, -0.2) is 0 Å². The smallest absolute Gasteiger partial charge is 0.198 e. The molecule has 1 aromatic carbocycles. The molecular formula is C15H22N4. The summed E-state index contributed by atoms with van der Waals surface area (Å²) in [4.78, 5) is 6.47. The minimum atomic E-state index is 0.260. The van der Waals surface area contributed by atoms with E-state index in [-0.39, 0.29) is 6.04 Å². The maximum atomic E-state index is 5.98. The van der Waals surface area contributed by atoms with Crippen molar-refractivity contribution in [3.63, 3.8) is 0 Å². The number of aliphatic imine (C=N–C) groups is 1. The molecule has 0 radical (unpaired) electrons. The number of guanidine groups is 1. The lowest BCUT2D eigenvalue weighted by molar-refractivity contribution is 0.384. The van der Waals surface area contributed by atoms with Crippen molar-refractivity contribution >= 4 is 11.6 Å². The molecule has 0 saturated carbocycles. The van der Waals surface area contributed by atoms with Crippen LogP contribution in [0.4, 0.5) is 5.69 Å². The van der Waals surface area contributed by atoms with Crippen LogP contribution < -0.4 is 11.1 Å². The molecule has 1 aliphatic heterocycles. The van der Waals surface area contributed by atoms with Crippen LogP contribution in [-0.4, -0.2) is 23.4 Å². The number of aryl methyl sites for hydroxylation is 2. The molecule has 4 nitrogen and oxygen atoms in total. The van der Waals surface area contributed by atoms with Gasteiger partial charge in [-0.1, -0.05) is 6.07 Å². The SMILES string of the molecule is CCN1C(N)=NC(Nc2cc(C)cc(C)c2)=CC1C. The van der Waals surface area contributed by atoms with E-state index >= 15 is 0 Å². The third-order valence-corrected chi connectivity index (χ3v) is 3.25. The number of anilines is 1. The molecule has 102 valence electrons. The molecule has 0 bridgehead atoms. The second-order valence-electron chi connectivity index (χ2n) is 5.05. The number of likely N-dealkylation sites (N-methyl/N-ethyl adjacent to an activating group) is 1. The first-order valence-electron chi connectivity index (χ1n) is 6.67. The summed E-state index contributed by atoms with van der Waals surface area (Å²) in [5.74, 6) is 1.39. The lowest BCUT2D eigenvalue weighted by Gasteiger charge is -2.30. The van der Waals surface area contributed by atoms with Crippen molar-refractivity contribution in [3.8, 4) is 0 Å². The van der Waals surface area contributed by atoms with Gasteiger partial charge in [-0.15, -0.1) is 0 Å². The van der Waals surface area contributed by atoms with Crippen LogP contribution in [0, 0.1) is 13.8 Å². The van der Waals surface area contributed by atoms with Gasteiger partial charge in [-0.05, 0) is 57.0 Å². The fraction of sp³-hybridized carbons (Fsp3) is 0.400. The molecule has 4 heteroatoms. The van der Waals surface area contributed by atoms with Gasteiger partial charge in [0.2, 0.25) is 0 Å². The van der Waals surface area contributed by atoms with Gasteiger partial charge in [-0.2, -0.15) is 4.99 Å². The third kappa shape index (κ3) is 3.08. The summed E-state index contributed by atoms with van der Waals surface area (Å²) in [5, 5.41) is 3.33. The van der Waals surface area contributed by atoms with Gasteiger partial charge in [0.25, 0.3) is 0 Å². The molecule has 1 aliphatic rings. The highest BCUT2D eigenvalue weighted by atomic mass is 15.3. The average molecular weight is 258 g/mol. The van der Waals surface area contributed by atoms with Gasteiger partial charge < -0.3 is 16.0 Å². The summed E-state index contributed by atoms with van der Waals surface area (Å²) in [7, 11) is 0. The Hall–Kier alpha value is -1.97. The standard InChI is InChI=1S/C15H22N4/c1-5-19-12(4)9-14(18-15(19)16)17-13-7-10(2)6-11(3)8-13/h6-9,12,17H,5H2,1-4H3,(H2,16,18). The number of hydrogen-bond acceptors (Lipinski definition) is 4. The Bertz CT molecular complexity index is 511. The Kier molecular flexibility index (Phi) is 3.79. The van der Waals surface area contributed by atoms with Crippen LogP contribution in [0.2, 0.25) is 0 Å². The van der Waals surface area contributed by atoms with Crippen molar-refractivity contribution in [1.82, 2.24) is 4.90 Å². The minimum Gasteiger partial charge on any atom is -0.369 e. The number of hydrogen-bond donors (Lipinski definition) is 2. The van der Waals surface area contributed by atoms with E-state index < -0.39 is 0 Å². The Balaban J connectivity index is 2.20. The Labute approximate surface area is 115 Å². The molecular weight excluding hydrogens is 236 g/mol. The second kappa shape index (κ2) is 5.34. The molecule has 1 unspecified atom stereocenters. The van der Waals surface area contributed by atoms with Crippen LogP contribution in [0.25, 0.3) is 0 Å². The first-order valence-corrected chi connectivity index (χ1v) is 6.67. The molecule has 0 aliphatic carbocycles.